The van der Waals surface area contributed by atoms with Gasteiger partial charge in [0.1, 0.15) is 6.54 Å². The summed E-state index contributed by atoms with van der Waals surface area (Å²) in [7, 11) is -1.47. The first-order chi connectivity index (χ1) is 7.22. The van der Waals surface area contributed by atoms with E-state index in [1.165, 1.54) is 0 Å². The molecule has 1 heterocycles. The summed E-state index contributed by atoms with van der Waals surface area (Å²) in [5.41, 5.74) is 1.27. The van der Waals surface area contributed by atoms with E-state index >= 15 is 0 Å². The summed E-state index contributed by atoms with van der Waals surface area (Å²) in [4.78, 5) is 0. The Hall–Kier alpha value is -1.77. The molecule has 0 radical (unpaired) electrons. The number of aromatic nitrogens is 1. The number of nitriles is 1. The van der Waals surface area contributed by atoms with Crippen LogP contribution in [-0.4, -0.2) is 21.7 Å². The van der Waals surface area contributed by atoms with E-state index in [9.17, 15) is 0 Å². The maximum absolute atomic E-state index is 9.02. The van der Waals surface area contributed by atoms with Gasteiger partial charge in [0.2, 0.25) is 0 Å². The molecule has 0 atom stereocenters. The van der Waals surface area contributed by atoms with Crippen molar-refractivity contribution in [3.63, 3.8) is 0 Å². The van der Waals surface area contributed by atoms with E-state index < -0.39 is 7.12 Å². The van der Waals surface area contributed by atoms with E-state index in [1.807, 2.05) is 12.1 Å². The molecule has 0 aliphatic carbocycles. The van der Waals surface area contributed by atoms with Crippen LogP contribution in [0.1, 0.15) is 0 Å². The quantitative estimate of drug-likeness (QED) is 0.662. The van der Waals surface area contributed by atoms with Gasteiger partial charge in [0.15, 0.2) is 0 Å². The number of benzene rings is 1. The van der Waals surface area contributed by atoms with Crippen LogP contribution in [0.2, 0.25) is 0 Å². The molecule has 0 spiro atoms. The third-order valence-electron chi connectivity index (χ3n) is 2.34. The normalized spacial score (nSPS) is 10.2. The van der Waals surface area contributed by atoms with Gasteiger partial charge in [-0.2, -0.15) is 5.26 Å². The zero-order chi connectivity index (χ0) is 10.8. The highest BCUT2D eigenvalue weighted by molar-refractivity contribution is 6.58. The molecule has 0 saturated carbocycles. The summed E-state index contributed by atoms with van der Waals surface area (Å²) in [6, 6.07) is 9.08. The fraction of sp³-hybridized carbons (Fsp3) is 0.100. The zero-order valence-electron chi connectivity index (χ0n) is 7.96. The second kappa shape index (κ2) is 3.77. The smallest absolute Gasteiger partial charge is 0.423 e. The average molecular weight is 200 g/mol. The Morgan fingerprint density at radius 1 is 1.33 bits per heavy atom. The van der Waals surface area contributed by atoms with Crippen LogP contribution in [0.4, 0.5) is 0 Å². The summed E-state index contributed by atoms with van der Waals surface area (Å²) in [6.45, 7) is 0.258. The average Bonchev–Trinajstić information content (AvgIpc) is 2.61. The van der Waals surface area contributed by atoms with Crippen molar-refractivity contribution in [3.8, 4) is 6.07 Å². The van der Waals surface area contributed by atoms with Crippen LogP contribution in [0.25, 0.3) is 10.9 Å². The van der Waals surface area contributed by atoms with Crippen LogP contribution in [0.5, 0.6) is 0 Å². The maximum Gasteiger partial charge on any atom is 0.488 e. The van der Waals surface area contributed by atoms with Crippen LogP contribution in [0.15, 0.2) is 30.5 Å². The molecule has 15 heavy (non-hydrogen) atoms. The number of nitrogens with zero attached hydrogens (tertiary/aromatic N) is 2. The van der Waals surface area contributed by atoms with E-state index in [2.05, 4.69) is 0 Å². The van der Waals surface area contributed by atoms with Crippen molar-refractivity contribution < 1.29 is 10.0 Å². The van der Waals surface area contributed by atoms with Crippen LogP contribution in [0.3, 0.4) is 0 Å². The van der Waals surface area contributed by atoms with E-state index in [0.717, 1.165) is 10.9 Å². The SMILES string of the molecule is N#CCn1ccc2ccc(B(O)O)cc21. The Morgan fingerprint density at radius 3 is 2.80 bits per heavy atom. The molecule has 0 aliphatic heterocycles. The van der Waals surface area contributed by atoms with Gasteiger partial charge in [0.05, 0.1) is 6.07 Å². The minimum atomic E-state index is -1.47. The van der Waals surface area contributed by atoms with Gasteiger partial charge < -0.3 is 14.6 Å². The Morgan fingerprint density at radius 2 is 2.13 bits per heavy atom. The third-order valence-corrected chi connectivity index (χ3v) is 2.34. The van der Waals surface area contributed by atoms with Gasteiger partial charge in [0.25, 0.3) is 0 Å². The van der Waals surface area contributed by atoms with Gasteiger partial charge in [0, 0.05) is 11.7 Å². The molecule has 2 aromatic rings. The highest BCUT2D eigenvalue weighted by atomic mass is 16.4. The maximum atomic E-state index is 9.02. The molecular weight excluding hydrogens is 191 g/mol. The molecule has 0 amide bonds. The van der Waals surface area contributed by atoms with Crippen LogP contribution in [-0.2, 0) is 6.54 Å². The molecule has 74 valence electrons. The molecular formula is C10H9BN2O2. The predicted octanol–water partition coefficient (Wildman–Crippen LogP) is -0.155. The lowest BCUT2D eigenvalue weighted by atomic mass is 9.80. The number of hydrogen-bond acceptors (Lipinski definition) is 3. The van der Waals surface area contributed by atoms with E-state index in [4.69, 9.17) is 15.3 Å². The van der Waals surface area contributed by atoms with Gasteiger partial charge in [-0.1, -0.05) is 12.1 Å². The van der Waals surface area contributed by atoms with Crippen molar-refractivity contribution in [2.24, 2.45) is 0 Å². The van der Waals surface area contributed by atoms with Crippen LogP contribution in [0, 0.1) is 11.3 Å². The van der Waals surface area contributed by atoms with E-state index in [1.54, 1.807) is 29.0 Å². The summed E-state index contributed by atoms with van der Waals surface area (Å²) >= 11 is 0. The van der Waals surface area contributed by atoms with Crippen LogP contribution < -0.4 is 5.46 Å². The lowest BCUT2D eigenvalue weighted by Crippen LogP contribution is -2.29. The van der Waals surface area contributed by atoms with Gasteiger partial charge in [-0.25, -0.2) is 0 Å². The van der Waals surface area contributed by atoms with E-state index in [0.29, 0.717) is 5.46 Å². The molecule has 0 bridgehead atoms. The Labute approximate surface area is 87.1 Å². The summed E-state index contributed by atoms with van der Waals surface area (Å²) in [5.74, 6) is 0. The number of rotatable bonds is 2. The fourth-order valence-corrected chi connectivity index (χ4v) is 1.58. The molecule has 2 N–H and O–H groups in total. The first kappa shape index (κ1) is 9.78. The van der Waals surface area contributed by atoms with Crippen molar-refractivity contribution >= 4 is 23.5 Å². The lowest BCUT2D eigenvalue weighted by Gasteiger charge is -2.02. The van der Waals surface area contributed by atoms with Crippen molar-refractivity contribution in [1.29, 1.82) is 5.26 Å². The summed E-state index contributed by atoms with van der Waals surface area (Å²) in [6.07, 6.45) is 1.81. The van der Waals surface area contributed by atoms with Gasteiger partial charge in [-0.15, -0.1) is 0 Å². The van der Waals surface area contributed by atoms with Crippen molar-refractivity contribution in [2.45, 2.75) is 6.54 Å². The number of fused-ring (bicyclic) bond motifs is 1. The molecule has 0 aliphatic rings. The fourth-order valence-electron chi connectivity index (χ4n) is 1.58. The molecule has 0 unspecified atom stereocenters. The molecule has 4 nitrogen and oxygen atoms in total. The molecule has 1 aromatic heterocycles. The van der Waals surface area contributed by atoms with E-state index in [-0.39, 0.29) is 6.54 Å². The first-order valence-corrected chi connectivity index (χ1v) is 4.54. The Bertz CT molecular complexity index is 528. The van der Waals surface area contributed by atoms with Gasteiger partial charge in [-0.05, 0) is 23.0 Å². The Balaban J connectivity index is 2.57. The number of hydrogen-bond donors (Lipinski definition) is 2. The highest BCUT2D eigenvalue weighted by Crippen LogP contribution is 2.13. The molecule has 5 heteroatoms. The monoisotopic (exact) mass is 200 g/mol. The standard InChI is InChI=1S/C10H9BN2O2/c12-4-6-13-5-3-8-1-2-9(11(14)15)7-10(8)13/h1-3,5,7,14-15H,6H2. The topological polar surface area (TPSA) is 69.2 Å². The zero-order valence-corrected chi connectivity index (χ0v) is 7.96. The third kappa shape index (κ3) is 1.73. The first-order valence-electron chi connectivity index (χ1n) is 4.54. The van der Waals surface area contributed by atoms with Gasteiger partial charge in [-0.3, -0.25) is 0 Å². The Kier molecular flexibility index (Phi) is 2.46. The minimum Gasteiger partial charge on any atom is -0.423 e. The molecule has 0 saturated heterocycles. The van der Waals surface area contributed by atoms with Crippen molar-refractivity contribution in [2.75, 3.05) is 0 Å². The second-order valence-electron chi connectivity index (χ2n) is 3.29. The molecule has 0 fully saturated rings. The highest BCUT2D eigenvalue weighted by Gasteiger charge is 2.12. The predicted molar refractivity (Wildman–Crippen MR) is 57.4 cm³/mol. The summed E-state index contributed by atoms with van der Waals surface area (Å²) in [5, 5.41) is 27.6. The lowest BCUT2D eigenvalue weighted by molar-refractivity contribution is 0.426. The van der Waals surface area contributed by atoms with Crippen molar-refractivity contribution in [3.05, 3.63) is 30.5 Å². The molecule has 1 aromatic carbocycles. The summed E-state index contributed by atoms with van der Waals surface area (Å²) < 4.78 is 1.77. The minimum absolute atomic E-state index is 0.258. The second-order valence-corrected chi connectivity index (χ2v) is 3.29. The van der Waals surface area contributed by atoms with Crippen molar-refractivity contribution in [1.82, 2.24) is 4.57 Å². The van der Waals surface area contributed by atoms with Gasteiger partial charge >= 0.3 is 7.12 Å². The molecule has 2 rings (SSSR count). The van der Waals surface area contributed by atoms with Crippen LogP contribution >= 0.6 is 0 Å². The largest absolute Gasteiger partial charge is 0.488 e.